The number of piperazine rings is 1. The second-order valence-electron chi connectivity index (χ2n) is 5.91. The zero-order valence-electron chi connectivity index (χ0n) is 14.2. The first-order valence-electron chi connectivity index (χ1n) is 7.65. The van der Waals surface area contributed by atoms with Crippen LogP contribution in [0.3, 0.4) is 0 Å². The maximum atomic E-state index is 11.5. The van der Waals surface area contributed by atoms with Crippen LogP contribution in [0.5, 0.6) is 0 Å². The van der Waals surface area contributed by atoms with Crippen LogP contribution in [0.1, 0.15) is 0 Å². The molecule has 8 heteroatoms. The number of quaternary nitrogens is 1. The highest BCUT2D eigenvalue weighted by Crippen LogP contribution is 2.22. The maximum absolute atomic E-state index is 11.5. The maximum Gasteiger partial charge on any atom is 0.175 e. The van der Waals surface area contributed by atoms with Gasteiger partial charge in [0.2, 0.25) is 0 Å². The van der Waals surface area contributed by atoms with Crippen molar-refractivity contribution in [2.24, 2.45) is 0 Å². The predicted octanol–water partition coefficient (Wildman–Crippen LogP) is 0.289. The van der Waals surface area contributed by atoms with Crippen LogP contribution in [-0.4, -0.2) is 51.8 Å². The first-order valence-corrected chi connectivity index (χ1v) is 9.55. The van der Waals surface area contributed by atoms with Gasteiger partial charge in [-0.3, -0.25) is 0 Å². The van der Waals surface area contributed by atoms with Crippen LogP contribution in [0, 0.1) is 0 Å². The van der Waals surface area contributed by atoms with Crippen LogP contribution in [0.25, 0.3) is 0 Å². The number of hydrogen-bond acceptors (Lipinski definition) is 5. The highest BCUT2D eigenvalue weighted by atomic mass is 32.2. The molecule has 0 amide bonds. The molecule has 0 radical (unpaired) electrons. The van der Waals surface area contributed by atoms with Gasteiger partial charge in [0, 0.05) is 55.9 Å². The summed E-state index contributed by atoms with van der Waals surface area (Å²) in [6.07, 6.45) is 1.23. The zero-order valence-corrected chi connectivity index (χ0v) is 15.0. The smallest absolute Gasteiger partial charge is 0.175 e. The minimum atomic E-state index is -3.13. The van der Waals surface area contributed by atoms with Gasteiger partial charge in [0.1, 0.15) is 5.69 Å². The molecular formula is C17H25N3O4S. The molecule has 1 aliphatic heterocycles. The summed E-state index contributed by atoms with van der Waals surface area (Å²) in [7, 11) is -3.13. The number of rotatable bonds is 3. The van der Waals surface area contributed by atoms with E-state index in [2.05, 4.69) is 27.7 Å². The third-order valence-corrected chi connectivity index (χ3v) is 5.34. The Labute approximate surface area is 148 Å². The zero-order chi connectivity index (χ0) is 16.4. The lowest BCUT2D eigenvalue weighted by Gasteiger charge is -2.37. The quantitative estimate of drug-likeness (QED) is 0.833. The first-order chi connectivity index (χ1) is 10.9. The molecule has 1 fully saturated rings. The number of nitrogens with zero attached hydrogens (tertiary/aromatic N) is 2. The molecule has 25 heavy (non-hydrogen) atoms. The van der Waals surface area contributed by atoms with Gasteiger partial charge in [0.25, 0.3) is 0 Å². The number of benzene rings is 2. The molecule has 2 aromatic carbocycles. The summed E-state index contributed by atoms with van der Waals surface area (Å²) >= 11 is 0. The van der Waals surface area contributed by atoms with Crippen molar-refractivity contribution in [3.63, 3.8) is 0 Å². The van der Waals surface area contributed by atoms with E-state index in [0.29, 0.717) is 4.90 Å². The fraction of sp³-hybridized carbons (Fsp3) is 0.294. The molecule has 2 aromatic rings. The number of hydrogen-bond donors (Lipinski definition) is 1. The van der Waals surface area contributed by atoms with Gasteiger partial charge in [-0.15, -0.1) is 0 Å². The summed E-state index contributed by atoms with van der Waals surface area (Å²) in [6.45, 7) is 3.74. The van der Waals surface area contributed by atoms with Crippen molar-refractivity contribution in [3.8, 4) is 0 Å². The minimum Gasteiger partial charge on any atom is -0.870 e. The Bertz CT molecular complexity index is 769. The van der Waals surface area contributed by atoms with Crippen molar-refractivity contribution in [2.75, 3.05) is 42.2 Å². The predicted molar refractivity (Wildman–Crippen MR) is 98.5 cm³/mol. The van der Waals surface area contributed by atoms with Crippen LogP contribution in [0.4, 0.5) is 17.1 Å². The van der Waals surface area contributed by atoms with Crippen LogP contribution >= 0.6 is 0 Å². The second kappa shape index (κ2) is 8.30. The van der Waals surface area contributed by atoms with E-state index in [-0.39, 0.29) is 11.0 Å². The molecule has 6 N–H and O–H groups in total. The van der Waals surface area contributed by atoms with Gasteiger partial charge in [-0.05, 0) is 36.4 Å². The Morgan fingerprint density at radius 3 is 1.52 bits per heavy atom. The van der Waals surface area contributed by atoms with Gasteiger partial charge >= 0.3 is 0 Å². The van der Waals surface area contributed by atoms with Crippen molar-refractivity contribution in [1.82, 2.24) is 0 Å². The number of anilines is 2. The lowest BCUT2D eigenvalue weighted by atomic mass is 10.2. The summed E-state index contributed by atoms with van der Waals surface area (Å²) in [4.78, 5) is 5.02. The van der Waals surface area contributed by atoms with Gasteiger partial charge < -0.3 is 26.5 Å². The van der Waals surface area contributed by atoms with Crippen LogP contribution in [-0.2, 0) is 9.84 Å². The Morgan fingerprint density at radius 1 is 0.800 bits per heavy atom. The van der Waals surface area contributed by atoms with Crippen molar-refractivity contribution in [3.05, 3.63) is 48.5 Å². The van der Waals surface area contributed by atoms with Gasteiger partial charge in [-0.25, -0.2) is 8.42 Å². The second-order valence-corrected chi connectivity index (χ2v) is 7.92. The molecule has 0 bridgehead atoms. The molecule has 1 heterocycles. The Kier molecular flexibility index (Phi) is 6.95. The summed E-state index contributed by atoms with van der Waals surface area (Å²) in [5, 5.41) is 0. The first kappa shape index (κ1) is 20.9. The van der Waals surface area contributed by atoms with Crippen molar-refractivity contribution in [2.45, 2.75) is 4.90 Å². The number of sulfone groups is 1. The van der Waals surface area contributed by atoms with Gasteiger partial charge in [0.15, 0.2) is 9.84 Å². The highest BCUT2D eigenvalue weighted by molar-refractivity contribution is 7.90. The van der Waals surface area contributed by atoms with Gasteiger partial charge in [0.05, 0.1) is 4.90 Å². The summed E-state index contributed by atoms with van der Waals surface area (Å²) < 4.78 is 23.0. The van der Waals surface area contributed by atoms with E-state index in [9.17, 15) is 8.42 Å². The largest absolute Gasteiger partial charge is 0.870 e. The summed E-state index contributed by atoms with van der Waals surface area (Å²) in [5.41, 5.74) is 7.24. The van der Waals surface area contributed by atoms with E-state index in [1.165, 1.54) is 11.9 Å². The van der Waals surface area contributed by atoms with Crippen molar-refractivity contribution in [1.29, 1.82) is 0 Å². The van der Waals surface area contributed by atoms with Crippen molar-refractivity contribution >= 4 is 26.9 Å². The molecule has 3 rings (SSSR count). The fourth-order valence-corrected chi connectivity index (χ4v) is 3.46. The average molecular weight is 367 g/mol. The topological polar surface area (TPSA) is 130 Å². The molecule has 0 spiro atoms. The molecule has 138 valence electrons. The van der Waals surface area contributed by atoms with E-state index in [4.69, 9.17) is 0 Å². The monoisotopic (exact) mass is 367 g/mol. The standard InChI is InChI=1S/C17H21N3O2S.2H2O/c1-23(21,22)17-8-6-16(7-9-17)20-12-10-19(11-13-20)15-4-2-14(18)3-5-15;;/h2-9H,10-13,18H2,1H3;2*1H2. The lowest BCUT2D eigenvalue weighted by molar-refractivity contribution is -0.254. The SMILES string of the molecule is CS(=O)(=O)c1ccc(N2CCN(c3ccc([NH3+])cc3)CC2)cc1.O.[OH-]. The molecule has 0 aliphatic carbocycles. The van der Waals surface area contributed by atoms with Crippen LogP contribution in [0.2, 0.25) is 0 Å². The molecule has 0 atom stereocenters. The molecule has 1 aliphatic rings. The van der Waals surface area contributed by atoms with Crippen molar-refractivity contribution < 1.29 is 25.1 Å². The van der Waals surface area contributed by atoms with Crippen LogP contribution in [0.15, 0.2) is 53.4 Å². The van der Waals surface area contributed by atoms with E-state index in [0.717, 1.165) is 37.6 Å². The van der Waals surface area contributed by atoms with E-state index in [1.807, 2.05) is 24.3 Å². The Morgan fingerprint density at radius 2 is 1.16 bits per heavy atom. The highest BCUT2D eigenvalue weighted by Gasteiger charge is 2.18. The van der Waals surface area contributed by atoms with Gasteiger partial charge in [-0.2, -0.15) is 0 Å². The summed E-state index contributed by atoms with van der Waals surface area (Å²) in [5.74, 6) is 0. The Balaban J connectivity index is 0.00000156. The third kappa shape index (κ3) is 4.93. The molecule has 7 nitrogen and oxygen atoms in total. The Hall–Kier alpha value is -2.13. The fourth-order valence-electron chi connectivity index (χ4n) is 2.83. The normalized spacial score (nSPS) is 14.5. The summed E-state index contributed by atoms with van der Waals surface area (Å²) in [6, 6.07) is 15.4. The van der Waals surface area contributed by atoms with E-state index < -0.39 is 9.84 Å². The molecule has 1 saturated heterocycles. The molecular weight excluding hydrogens is 342 g/mol. The molecule has 0 unspecified atom stereocenters. The molecule has 0 aromatic heterocycles. The van der Waals surface area contributed by atoms with E-state index in [1.54, 1.807) is 12.1 Å². The van der Waals surface area contributed by atoms with Crippen LogP contribution < -0.4 is 15.5 Å². The lowest BCUT2D eigenvalue weighted by Crippen LogP contribution is -2.46. The minimum absolute atomic E-state index is 0. The molecule has 0 saturated carbocycles. The van der Waals surface area contributed by atoms with Gasteiger partial charge in [-0.1, -0.05) is 0 Å². The van der Waals surface area contributed by atoms with E-state index >= 15 is 0 Å². The average Bonchev–Trinajstić information content (AvgIpc) is 2.55. The third-order valence-electron chi connectivity index (χ3n) is 4.21.